The molecule has 0 unspecified atom stereocenters. The number of hydrogen-bond donors (Lipinski definition) is 2. The number of rotatable bonds is 3. The summed E-state index contributed by atoms with van der Waals surface area (Å²) in [6.07, 6.45) is 2.92. The van der Waals surface area contributed by atoms with Gasteiger partial charge in [0.05, 0.1) is 6.10 Å². The monoisotopic (exact) mass is 349 g/mol. The Hall–Kier alpha value is -2.33. The molecule has 26 heavy (non-hydrogen) atoms. The summed E-state index contributed by atoms with van der Waals surface area (Å²) in [5.74, 6) is 0.278. The molecule has 1 amide bonds. The highest BCUT2D eigenvalue weighted by molar-refractivity contribution is 5.79. The summed E-state index contributed by atoms with van der Waals surface area (Å²) in [4.78, 5) is 12.5. The number of hydrogen-bond acceptors (Lipinski definition) is 3. The number of carbonyl (C=O) groups excluding carboxylic acids is 1. The van der Waals surface area contributed by atoms with E-state index in [1.807, 2.05) is 24.3 Å². The van der Waals surface area contributed by atoms with Gasteiger partial charge in [0.2, 0.25) is 0 Å². The van der Waals surface area contributed by atoms with Gasteiger partial charge in [-0.2, -0.15) is 0 Å². The largest absolute Gasteiger partial charge is 0.449 e. The molecule has 2 fully saturated rings. The molecule has 2 N–H and O–H groups in total. The zero-order chi connectivity index (χ0) is 17.7. The first-order valence-electron chi connectivity index (χ1n) is 9.49. The zero-order valence-corrected chi connectivity index (χ0v) is 14.7. The highest BCUT2D eigenvalue weighted by Gasteiger charge is 2.55. The summed E-state index contributed by atoms with van der Waals surface area (Å²) in [7, 11) is 0. The van der Waals surface area contributed by atoms with Crippen LogP contribution in [0, 0.1) is 5.92 Å². The van der Waals surface area contributed by atoms with E-state index in [1.54, 1.807) is 0 Å². The number of alkyl carbamates (subject to hydrolysis) is 1. The molecular weight excluding hydrogens is 326 g/mol. The van der Waals surface area contributed by atoms with Crippen LogP contribution in [0.4, 0.5) is 4.79 Å². The molecule has 3 aliphatic rings. The van der Waals surface area contributed by atoms with Gasteiger partial charge in [0.25, 0.3) is 0 Å². The van der Waals surface area contributed by atoms with Crippen molar-refractivity contribution in [3.63, 3.8) is 0 Å². The van der Waals surface area contributed by atoms with Gasteiger partial charge in [-0.3, -0.25) is 0 Å². The van der Waals surface area contributed by atoms with Crippen LogP contribution in [0.15, 0.2) is 48.5 Å². The van der Waals surface area contributed by atoms with Gasteiger partial charge in [-0.25, -0.2) is 4.79 Å². The average molecular weight is 349 g/mol. The van der Waals surface area contributed by atoms with Crippen molar-refractivity contribution in [1.29, 1.82) is 0 Å². The predicted molar refractivity (Wildman–Crippen MR) is 98.9 cm³/mol. The first-order chi connectivity index (χ1) is 12.7. The molecule has 0 spiro atoms. The molecule has 0 aliphatic heterocycles. The molecule has 0 aromatic heterocycles. The SMILES string of the molecule is O=C(N[C@@]12CC[C@@H](O)[C@@H]1CC2)OCC1c2ccccc2-c2ccccc21. The molecule has 2 aromatic rings. The van der Waals surface area contributed by atoms with Crippen molar-refractivity contribution in [1.82, 2.24) is 5.32 Å². The molecule has 0 saturated heterocycles. The lowest BCUT2D eigenvalue weighted by molar-refractivity contribution is 0.0253. The van der Waals surface area contributed by atoms with Crippen LogP contribution in [-0.4, -0.2) is 29.4 Å². The molecule has 2 aromatic carbocycles. The number of nitrogens with one attached hydrogen (secondary N) is 1. The minimum Gasteiger partial charge on any atom is -0.449 e. The molecule has 2 saturated carbocycles. The standard InChI is InChI=1S/C22H23NO3/c24-20-10-12-22(11-9-19(20)22)23-21(25)26-13-18-16-7-3-1-5-14(16)15-6-2-4-8-17(15)18/h1-8,18-20,24H,9-13H2,(H,23,25)/t19-,20+,22-/m0/s1. The minimum atomic E-state index is -0.356. The molecule has 3 atom stereocenters. The third-order valence-electron chi connectivity index (χ3n) is 6.66. The Morgan fingerprint density at radius 3 is 2.23 bits per heavy atom. The zero-order valence-electron chi connectivity index (χ0n) is 14.7. The van der Waals surface area contributed by atoms with Gasteiger partial charge in [0.1, 0.15) is 6.61 Å². The van der Waals surface area contributed by atoms with E-state index in [0.29, 0.717) is 6.61 Å². The fraction of sp³-hybridized carbons (Fsp3) is 0.409. The molecular formula is C22H23NO3. The van der Waals surface area contributed by atoms with Gasteiger partial charge in [0.15, 0.2) is 0 Å². The summed E-state index contributed by atoms with van der Waals surface area (Å²) >= 11 is 0. The molecule has 5 rings (SSSR count). The van der Waals surface area contributed by atoms with Crippen LogP contribution in [0.25, 0.3) is 11.1 Å². The number of benzene rings is 2. The molecule has 134 valence electrons. The van der Waals surface area contributed by atoms with E-state index in [9.17, 15) is 9.90 Å². The number of amides is 1. The molecule has 0 radical (unpaired) electrons. The molecule has 4 heteroatoms. The van der Waals surface area contributed by atoms with Gasteiger partial charge < -0.3 is 15.2 Å². The average Bonchev–Trinajstić information content (AvgIpc) is 3.06. The molecule has 0 heterocycles. The van der Waals surface area contributed by atoms with Gasteiger partial charge >= 0.3 is 6.09 Å². The van der Waals surface area contributed by atoms with Crippen LogP contribution in [0.1, 0.15) is 42.7 Å². The summed E-state index contributed by atoms with van der Waals surface area (Å²) in [6.45, 7) is 0.336. The Balaban J connectivity index is 1.31. The Kier molecular flexibility index (Phi) is 3.57. The fourth-order valence-electron chi connectivity index (χ4n) is 5.19. The quantitative estimate of drug-likeness (QED) is 0.885. The molecule has 0 bridgehead atoms. The van der Waals surface area contributed by atoms with Crippen molar-refractivity contribution in [3.05, 3.63) is 59.7 Å². The molecule has 4 nitrogen and oxygen atoms in total. The van der Waals surface area contributed by atoms with Gasteiger partial charge in [0, 0.05) is 17.4 Å². The van der Waals surface area contributed by atoms with Crippen molar-refractivity contribution in [2.45, 2.75) is 43.2 Å². The lowest BCUT2D eigenvalue weighted by Gasteiger charge is -2.46. The number of aliphatic hydroxyl groups is 1. The van der Waals surface area contributed by atoms with E-state index in [-0.39, 0.29) is 29.6 Å². The summed E-state index contributed by atoms with van der Waals surface area (Å²) in [5, 5.41) is 13.1. The second kappa shape index (κ2) is 5.85. The maximum absolute atomic E-state index is 12.5. The van der Waals surface area contributed by atoms with Crippen LogP contribution in [-0.2, 0) is 4.74 Å². The third-order valence-corrected chi connectivity index (χ3v) is 6.66. The van der Waals surface area contributed by atoms with Crippen molar-refractivity contribution >= 4 is 6.09 Å². The van der Waals surface area contributed by atoms with Crippen LogP contribution >= 0.6 is 0 Å². The van der Waals surface area contributed by atoms with E-state index in [0.717, 1.165) is 25.7 Å². The van der Waals surface area contributed by atoms with Gasteiger partial charge in [-0.05, 0) is 47.9 Å². The summed E-state index contributed by atoms with van der Waals surface area (Å²) < 4.78 is 5.65. The third kappa shape index (κ3) is 2.28. The minimum absolute atomic E-state index is 0.0806. The van der Waals surface area contributed by atoms with E-state index in [4.69, 9.17) is 4.74 Å². The number of aliphatic hydroxyl groups excluding tert-OH is 1. The summed E-state index contributed by atoms with van der Waals surface area (Å²) in [5.41, 5.74) is 4.67. The maximum Gasteiger partial charge on any atom is 0.407 e. The van der Waals surface area contributed by atoms with E-state index in [1.165, 1.54) is 22.3 Å². The maximum atomic E-state index is 12.5. The Labute approximate surface area is 153 Å². The lowest BCUT2D eigenvalue weighted by Crippen LogP contribution is -2.59. The Morgan fingerprint density at radius 1 is 1.04 bits per heavy atom. The van der Waals surface area contributed by atoms with Crippen molar-refractivity contribution in [2.24, 2.45) is 5.92 Å². The van der Waals surface area contributed by atoms with Crippen LogP contribution < -0.4 is 5.32 Å². The molecule has 3 aliphatic carbocycles. The number of carbonyl (C=O) groups is 1. The predicted octanol–water partition coefficient (Wildman–Crippen LogP) is 3.83. The first kappa shape index (κ1) is 15.9. The summed E-state index contributed by atoms with van der Waals surface area (Å²) in [6, 6.07) is 16.7. The van der Waals surface area contributed by atoms with E-state index in [2.05, 4.69) is 29.6 Å². The number of fused-ring (bicyclic) bond motifs is 4. The van der Waals surface area contributed by atoms with Crippen LogP contribution in [0.3, 0.4) is 0 Å². The second-order valence-electron chi connectivity index (χ2n) is 7.86. The van der Waals surface area contributed by atoms with E-state index < -0.39 is 0 Å². The van der Waals surface area contributed by atoms with Crippen molar-refractivity contribution in [3.8, 4) is 11.1 Å². The van der Waals surface area contributed by atoms with E-state index >= 15 is 0 Å². The highest BCUT2D eigenvalue weighted by atomic mass is 16.5. The Bertz CT molecular complexity index is 818. The first-order valence-corrected chi connectivity index (χ1v) is 9.49. The Morgan fingerprint density at radius 2 is 1.65 bits per heavy atom. The normalized spacial score (nSPS) is 28.7. The topological polar surface area (TPSA) is 58.6 Å². The van der Waals surface area contributed by atoms with Gasteiger partial charge in [-0.1, -0.05) is 48.5 Å². The lowest BCUT2D eigenvalue weighted by atomic mass is 9.68. The van der Waals surface area contributed by atoms with Crippen molar-refractivity contribution in [2.75, 3.05) is 6.61 Å². The number of ether oxygens (including phenoxy) is 1. The van der Waals surface area contributed by atoms with Crippen molar-refractivity contribution < 1.29 is 14.6 Å². The highest BCUT2D eigenvalue weighted by Crippen LogP contribution is 2.50. The fourth-order valence-corrected chi connectivity index (χ4v) is 5.19. The second-order valence-corrected chi connectivity index (χ2v) is 7.86. The smallest absolute Gasteiger partial charge is 0.407 e. The van der Waals surface area contributed by atoms with Gasteiger partial charge in [-0.15, -0.1) is 0 Å². The van der Waals surface area contributed by atoms with Crippen LogP contribution in [0.2, 0.25) is 0 Å². The van der Waals surface area contributed by atoms with Crippen LogP contribution in [0.5, 0.6) is 0 Å².